The Morgan fingerprint density at radius 2 is 1.92 bits per heavy atom. The molecular weight excluding hydrogens is 308 g/mol. The number of rotatable bonds is 5. The van der Waals surface area contributed by atoms with Crippen molar-refractivity contribution in [2.24, 2.45) is 0 Å². The van der Waals surface area contributed by atoms with Crippen LogP contribution in [-0.4, -0.2) is 41.3 Å². The van der Waals surface area contributed by atoms with Crippen molar-refractivity contribution in [2.75, 3.05) is 25.0 Å². The highest BCUT2D eigenvalue weighted by Crippen LogP contribution is 2.25. The lowest BCUT2D eigenvalue weighted by molar-refractivity contribution is 0.303. The van der Waals surface area contributed by atoms with Crippen LogP contribution in [-0.2, 0) is 12.0 Å². The first-order valence-electron chi connectivity index (χ1n) is 9.26. The maximum atomic E-state index is 4.29. The molecule has 4 nitrogen and oxygen atoms in total. The van der Waals surface area contributed by atoms with Crippen molar-refractivity contribution in [3.8, 4) is 0 Å². The zero-order valence-corrected chi connectivity index (χ0v) is 15.9. The SMILES string of the molecule is CN(Cc1ccc(C(C)(C)C)cc1)CC1CCCN1c1cccnn1. The molecule has 1 atom stereocenters. The molecule has 0 saturated carbocycles. The van der Waals surface area contributed by atoms with Crippen LogP contribution in [0.25, 0.3) is 0 Å². The lowest BCUT2D eigenvalue weighted by Crippen LogP contribution is -2.39. The summed E-state index contributed by atoms with van der Waals surface area (Å²) in [6.07, 6.45) is 4.20. The van der Waals surface area contributed by atoms with E-state index >= 15 is 0 Å². The van der Waals surface area contributed by atoms with Crippen LogP contribution in [0.3, 0.4) is 0 Å². The van der Waals surface area contributed by atoms with Crippen molar-refractivity contribution < 1.29 is 0 Å². The molecule has 1 aliphatic rings. The van der Waals surface area contributed by atoms with Gasteiger partial charge in [0.2, 0.25) is 0 Å². The molecule has 1 aromatic carbocycles. The van der Waals surface area contributed by atoms with E-state index in [1.54, 1.807) is 6.20 Å². The van der Waals surface area contributed by atoms with Crippen molar-refractivity contribution in [3.05, 3.63) is 53.7 Å². The van der Waals surface area contributed by atoms with E-state index in [9.17, 15) is 0 Å². The molecule has 1 aliphatic heterocycles. The fraction of sp³-hybridized carbons (Fsp3) is 0.524. The van der Waals surface area contributed by atoms with E-state index in [1.807, 2.05) is 6.07 Å². The molecule has 1 unspecified atom stereocenters. The summed E-state index contributed by atoms with van der Waals surface area (Å²) in [6, 6.07) is 13.6. The van der Waals surface area contributed by atoms with Crippen LogP contribution in [0.4, 0.5) is 5.82 Å². The molecule has 0 radical (unpaired) electrons. The van der Waals surface area contributed by atoms with Crippen LogP contribution < -0.4 is 4.90 Å². The lowest BCUT2D eigenvalue weighted by Gasteiger charge is -2.29. The average molecular weight is 338 g/mol. The minimum absolute atomic E-state index is 0.214. The molecule has 25 heavy (non-hydrogen) atoms. The second-order valence-electron chi connectivity index (χ2n) is 8.21. The highest BCUT2D eigenvalue weighted by molar-refractivity contribution is 5.39. The van der Waals surface area contributed by atoms with E-state index < -0.39 is 0 Å². The van der Waals surface area contributed by atoms with Crippen LogP contribution in [0.15, 0.2) is 42.6 Å². The maximum absolute atomic E-state index is 4.29. The zero-order valence-electron chi connectivity index (χ0n) is 15.9. The van der Waals surface area contributed by atoms with Gasteiger partial charge < -0.3 is 9.80 Å². The van der Waals surface area contributed by atoms with E-state index in [-0.39, 0.29) is 5.41 Å². The Balaban J connectivity index is 1.59. The van der Waals surface area contributed by atoms with Gasteiger partial charge in [0.05, 0.1) is 0 Å². The van der Waals surface area contributed by atoms with Crippen molar-refractivity contribution >= 4 is 5.82 Å². The van der Waals surface area contributed by atoms with Gasteiger partial charge in [0.1, 0.15) is 0 Å². The van der Waals surface area contributed by atoms with E-state index in [4.69, 9.17) is 0 Å². The summed E-state index contributed by atoms with van der Waals surface area (Å²) in [6.45, 7) is 9.89. The van der Waals surface area contributed by atoms with Gasteiger partial charge in [-0.3, -0.25) is 0 Å². The van der Waals surface area contributed by atoms with E-state index in [0.717, 1.165) is 25.5 Å². The molecule has 0 N–H and O–H groups in total. The summed E-state index contributed by atoms with van der Waals surface area (Å²) in [7, 11) is 2.21. The second kappa shape index (κ2) is 7.52. The standard InChI is InChI=1S/C21H30N4/c1-21(2,3)18-11-9-17(10-12-18)15-24(4)16-19-7-6-14-25(19)20-8-5-13-22-23-20/h5,8-13,19H,6-7,14-16H2,1-4H3. The van der Waals surface area contributed by atoms with Gasteiger partial charge in [-0.25, -0.2) is 0 Å². The van der Waals surface area contributed by atoms with Crippen molar-refractivity contribution in [3.63, 3.8) is 0 Å². The van der Waals surface area contributed by atoms with Gasteiger partial charge in [-0.2, -0.15) is 5.10 Å². The molecule has 0 amide bonds. The fourth-order valence-corrected chi connectivity index (χ4v) is 3.62. The number of benzene rings is 1. The number of hydrogen-bond donors (Lipinski definition) is 0. The maximum Gasteiger partial charge on any atom is 0.151 e. The topological polar surface area (TPSA) is 32.3 Å². The summed E-state index contributed by atoms with van der Waals surface area (Å²) in [5.41, 5.74) is 2.98. The Morgan fingerprint density at radius 1 is 1.16 bits per heavy atom. The molecule has 0 spiro atoms. The smallest absolute Gasteiger partial charge is 0.151 e. The lowest BCUT2D eigenvalue weighted by atomic mass is 9.87. The Kier molecular flexibility index (Phi) is 5.38. The molecule has 2 aromatic rings. The highest BCUT2D eigenvalue weighted by atomic mass is 15.3. The highest BCUT2D eigenvalue weighted by Gasteiger charge is 2.26. The van der Waals surface area contributed by atoms with Gasteiger partial charge in [-0.05, 0) is 48.6 Å². The third kappa shape index (κ3) is 4.57. The number of likely N-dealkylation sites (N-methyl/N-ethyl adjacent to an activating group) is 1. The predicted octanol–water partition coefficient (Wildman–Crippen LogP) is 3.87. The molecule has 0 aliphatic carbocycles. The summed E-state index contributed by atoms with van der Waals surface area (Å²) in [5, 5.41) is 8.33. The number of aromatic nitrogens is 2. The van der Waals surface area contributed by atoms with Crippen LogP contribution in [0.5, 0.6) is 0 Å². The minimum atomic E-state index is 0.214. The Bertz CT molecular complexity index is 661. The molecule has 2 heterocycles. The van der Waals surface area contributed by atoms with Crippen LogP contribution in [0, 0.1) is 0 Å². The number of nitrogens with zero attached hydrogens (tertiary/aromatic N) is 4. The Morgan fingerprint density at radius 3 is 2.56 bits per heavy atom. The largest absolute Gasteiger partial charge is 0.351 e. The molecular formula is C21H30N4. The molecule has 1 saturated heterocycles. The first-order chi connectivity index (χ1) is 11.9. The second-order valence-corrected chi connectivity index (χ2v) is 8.21. The summed E-state index contributed by atoms with van der Waals surface area (Å²) >= 11 is 0. The van der Waals surface area contributed by atoms with Crippen LogP contribution in [0.1, 0.15) is 44.7 Å². The minimum Gasteiger partial charge on any atom is -0.351 e. The van der Waals surface area contributed by atoms with Gasteiger partial charge in [-0.15, -0.1) is 5.10 Å². The van der Waals surface area contributed by atoms with E-state index in [2.05, 4.69) is 78.1 Å². The first-order valence-corrected chi connectivity index (χ1v) is 9.26. The summed E-state index contributed by atoms with van der Waals surface area (Å²) < 4.78 is 0. The predicted molar refractivity (Wildman–Crippen MR) is 104 cm³/mol. The monoisotopic (exact) mass is 338 g/mol. The summed E-state index contributed by atoms with van der Waals surface area (Å²) in [4.78, 5) is 4.83. The fourth-order valence-electron chi connectivity index (χ4n) is 3.62. The normalized spacial score (nSPS) is 18.1. The Labute approximate surface area is 151 Å². The number of anilines is 1. The summed E-state index contributed by atoms with van der Waals surface area (Å²) in [5.74, 6) is 1.01. The Hall–Kier alpha value is -1.94. The van der Waals surface area contributed by atoms with E-state index in [1.165, 1.54) is 24.0 Å². The first kappa shape index (κ1) is 17.9. The average Bonchev–Trinajstić information content (AvgIpc) is 3.03. The van der Waals surface area contributed by atoms with Crippen LogP contribution >= 0.6 is 0 Å². The molecule has 1 fully saturated rings. The molecule has 1 aromatic heterocycles. The van der Waals surface area contributed by atoms with Crippen LogP contribution in [0.2, 0.25) is 0 Å². The van der Waals surface area contributed by atoms with Crippen molar-refractivity contribution in [1.29, 1.82) is 0 Å². The van der Waals surface area contributed by atoms with Gasteiger partial charge >= 0.3 is 0 Å². The zero-order chi connectivity index (χ0) is 17.9. The van der Waals surface area contributed by atoms with Crippen molar-refractivity contribution in [2.45, 2.75) is 51.6 Å². The molecule has 4 heteroatoms. The van der Waals surface area contributed by atoms with Gasteiger partial charge in [0.25, 0.3) is 0 Å². The third-order valence-corrected chi connectivity index (χ3v) is 5.02. The van der Waals surface area contributed by atoms with Crippen molar-refractivity contribution in [1.82, 2.24) is 15.1 Å². The number of hydrogen-bond acceptors (Lipinski definition) is 4. The van der Waals surface area contributed by atoms with Gasteiger partial charge in [-0.1, -0.05) is 45.0 Å². The van der Waals surface area contributed by atoms with Gasteiger partial charge in [0.15, 0.2) is 5.82 Å². The molecule has 3 rings (SSSR count). The molecule has 134 valence electrons. The van der Waals surface area contributed by atoms with E-state index in [0.29, 0.717) is 6.04 Å². The molecule has 0 bridgehead atoms. The van der Waals surface area contributed by atoms with Gasteiger partial charge in [0, 0.05) is 31.9 Å². The quantitative estimate of drug-likeness (QED) is 0.828. The third-order valence-electron chi connectivity index (χ3n) is 5.02.